The highest BCUT2D eigenvalue weighted by molar-refractivity contribution is 14.1. The second kappa shape index (κ2) is 8.52. The Balaban J connectivity index is 2.39. The number of halogens is 2. The van der Waals surface area contributed by atoms with Gasteiger partial charge in [-0.25, -0.2) is 0 Å². The molecule has 0 atom stereocenters. The number of esters is 1. The summed E-state index contributed by atoms with van der Waals surface area (Å²) < 4.78 is 6.57. The fraction of sp³-hybridized carbons (Fsp3) is 0.385. The van der Waals surface area contributed by atoms with Crippen LogP contribution in [0, 0.1) is 3.57 Å². The van der Waals surface area contributed by atoms with Crippen LogP contribution < -0.4 is 5.32 Å². The van der Waals surface area contributed by atoms with Crippen molar-refractivity contribution in [2.24, 2.45) is 0 Å². The average molecular weight is 440 g/mol. The fourth-order valence-corrected chi connectivity index (χ4v) is 2.35. The van der Waals surface area contributed by atoms with Crippen molar-refractivity contribution in [3.05, 3.63) is 31.8 Å². The summed E-state index contributed by atoms with van der Waals surface area (Å²) in [5.74, 6) is -0.374. The standard InChI is InChI=1S/C13H15BrINO3/c1-2-19-12(17)4-3-7-16-13(18)10-8-9(15)5-6-11(10)14/h5-6,8H,2-4,7H2,1H3,(H,16,18). The molecule has 0 aliphatic heterocycles. The molecule has 0 fully saturated rings. The molecule has 6 heteroatoms. The molecule has 104 valence electrons. The van der Waals surface area contributed by atoms with E-state index in [4.69, 9.17) is 4.74 Å². The van der Waals surface area contributed by atoms with Crippen LogP contribution in [0.1, 0.15) is 30.1 Å². The van der Waals surface area contributed by atoms with Crippen molar-refractivity contribution in [2.45, 2.75) is 19.8 Å². The van der Waals surface area contributed by atoms with Crippen LogP contribution in [0.5, 0.6) is 0 Å². The van der Waals surface area contributed by atoms with Crippen LogP contribution in [0.25, 0.3) is 0 Å². The van der Waals surface area contributed by atoms with Gasteiger partial charge in [-0.2, -0.15) is 0 Å². The zero-order valence-electron chi connectivity index (χ0n) is 10.5. The van der Waals surface area contributed by atoms with Crippen LogP contribution in [-0.2, 0) is 9.53 Å². The Morgan fingerprint density at radius 1 is 1.42 bits per heavy atom. The molecule has 0 saturated heterocycles. The van der Waals surface area contributed by atoms with Gasteiger partial charge in [-0.15, -0.1) is 0 Å². The zero-order valence-corrected chi connectivity index (χ0v) is 14.3. The number of nitrogens with one attached hydrogen (secondary N) is 1. The first-order valence-corrected chi connectivity index (χ1v) is 7.80. The summed E-state index contributed by atoms with van der Waals surface area (Å²) >= 11 is 5.50. The SMILES string of the molecule is CCOC(=O)CCCNC(=O)c1cc(I)ccc1Br. The minimum atomic E-state index is -0.229. The van der Waals surface area contributed by atoms with Crippen molar-refractivity contribution >= 4 is 50.4 Å². The van der Waals surface area contributed by atoms with Crippen molar-refractivity contribution < 1.29 is 14.3 Å². The molecule has 19 heavy (non-hydrogen) atoms. The molecule has 0 unspecified atom stereocenters. The molecule has 0 saturated carbocycles. The predicted octanol–water partition coefficient (Wildman–Crippen LogP) is 3.13. The maximum Gasteiger partial charge on any atom is 0.305 e. The van der Waals surface area contributed by atoms with Crippen LogP contribution in [0.15, 0.2) is 22.7 Å². The summed E-state index contributed by atoms with van der Waals surface area (Å²) in [5, 5.41) is 2.78. The van der Waals surface area contributed by atoms with E-state index in [0.717, 1.165) is 8.04 Å². The fourth-order valence-electron chi connectivity index (χ4n) is 1.43. The molecule has 0 heterocycles. The van der Waals surface area contributed by atoms with Crippen LogP contribution in [0.2, 0.25) is 0 Å². The smallest absolute Gasteiger partial charge is 0.305 e. The average Bonchev–Trinajstić information content (AvgIpc) is 2.37. The van der Waals surface area contributed by atoms with E-state index in [0.29, 0.717) is 31.6 Å². The third-order valence-electron chi connectivity index (χ3n) is 2.32. The van der Waals surface area contributed by atoms with Gasteiger partial charge in [0.2, 0.25) is 0 Å². The molecule has 0 bridgehead atoms. The molecule has 1 aromatic rings. The number of rotatable bonds is 6. The molecule has 1 amide bonds. The molecular weight excluding hydrogens is 425 g/mol. The second-order valence-corrected chi connectivity index (χ2v) is 5.89. The van der Waals surface area contributed by atoms with Crippen LogP contribution in [0.3, 0.4) is 0 Å². The lowest BCUT2D eigenvalue weighted by atomic mass is 10.2. The molecule has 1 N–H and O–H groups in total. The third kappa shape index (κ3) is 5.90. The lowest BCUT2D eigenvalue weighted by molar-refractivity contribution is -0.143. The van der Waals surface area contributed by atoms with Gasteiger partial charge >= 0.3 is 5.97 Å². The van der Waals surface area contributed by atoms with Crippen molar-refractivity contribution in [3.63, 3.8) is 0 Å². The Morgan fingerprint density at radius 3 is 2.84 bits per heavy atom. The Morgan fingerprint density at radius 2 is 2.16 bits per heavy atom. The van der Waals surface area contributed by atoms with Crippen LogP contribution in [-0.4, -0.2) is 25.0 Å². The van der Waals surface area contributed by atoms with E-state index in [-0.39, 0.29) is 11.9 Å². The summed E-state index contributed by atoms with van der Waals surface area (Å²) in [7, 11) is 0. The largest absolute Gasteiger partial charge is 0.466 e. The first-order chi connectivity index (χ1) is 9.04. The van der Waals surface area contributed by atoms with E-state index >= 15 is 0 Å². The number of benzene rings is 1. The highest BCUT2D eigenvalue weighted by Gasteiger charge is 2.10. The normalized spacial score (nSPS) is 10.1. The Hall–Kier alpha value is -0.630. The maximum absolute atomic E-state index is 11.9. The predicted molar refractivity (Wildman–Crippen MR) is 85.1 cm³/mol. The topological polar surface area (TPSA) is 55.4 Å². The lowest BCUT2D eigenvalue weighted by Crippen LogP contribution is -2.25. The van der Waals surface area contributed by atoms with Crippen molar-refractivity contribution in [1.82, 2.24) is 5.32 Å². The first-order valence-electron chi connectivity index (χ1n) is 5.93. The summed E-state index contributed by atoms with van der Waals surface area (Å²) in [4.78, 5) is 23.0. The summed E-state index contributed by atoms with van der Waals surface area (Å²) in [6.45, 7) is 2.62. The molecule has 1 rings (SSSR count). The maximum atomic E-state index is 11.9. The van der Waals surface area contributed by atoms with Crippen LogP contribution in [0.4, 0.5) is 0 Å². The van der Waals surface area contributed by atoms with Crippen molar-refractivity contribution in [3.8, 4) is 0 Å². The monoisotopic (exact) mass is 439 g/mol. The number of carbonyl (C=O) groups excluding carboxylic acids is 2. The number of hydrogen-bond donors (Lipinski definition) is 1. The molecule has 4 nitrogen and oxygen atoms in total. The van der Waals surface area contributed by atoms with Gasteiger partial charge in [-0.05, 0) is 70.1 Å². The van der Waals surface area contributed by atoms with Gasteiger partial charge < -0.3 is 10.1 Å². The Bertz CT molecular complexity index is 465. The number of carbonyl (C=O) groups is 2. The molecule has 0 aromatic heterocycles. The second-order valence-electron chi connectivity index (χ2n) is 3.79. The quantitative estimate of drug-likeness (QED) is 0.421. The number of amides is 1. The summed E-state index contributed by atoms with van der Waals surface area (Å²) in [5.41, 5.74) is 0.600. The van der Waals surface area contributed by atoms with Gasteiger partial charge in [0.15, 0.2) is 0 Å². The highest BCUT2D eigenvalue weighted by Crippen LogP contribution is 2.19. The zero-order chi connectivity index (χ0) is 14.3. The first kappa shape index (κ1) is 16.4. The molecular formula is C13H15BrINO3. The van der Waals surface area contributed by atoms with Gasteiger partial charge in [0.25, 0.3) is 5.91 Å². The number of ether oxygens (including phenoxy) is 1. The van der Waals surface area contributed by atoms with Gasteiger partial charge in [0.05, 0.1) is 12.2 Å². The lowest BCUT2D eigenvalue weighted by Gasteiger charge is -2.07. The van der Waals surface area contributed by atoms with Crippen molar-refractivity contribution in [1.29, 1.82) is 0 Å². The van der Waals surface area contributed by atoms with Gasteiger partial charge in [-0.1, -0.05) is 0 Å². The number of hydrogen-bond acceptors (Lipinski definition) is 3. The van der Waals surface area contributed by atoms with Gasteiger partial charge in [-0.3, -0.25) is 9.59 Å². The van der Waals surface area contributed by atoms with E-state index in [2.05, 4.69) is 43.8 Å². The van der Waals surface area contributed by atoms with Crippen LogP contribution >= 0.6 is 38.5 Å². The summed E-state index contributed by atoms with van der Waals surface area (Å²) in [6.07, 6.45) is 0.897. The Labute approximate surface area is 134 Å². The van der Waals surface area contributed by atoms with E-state index in [9.17, 15) is 9.59 Å². The van der Waals surface area contributed by atoms with E-state index < -0.39 is 0 Å². The van der Waals surface area contributed by atoms with Crippen molar-refractivity contribution in [2.75, 3.05) is 13.2 Å². The molecule has 0 aliphatic rings. The van der Waals surface area contributed by atoms with Gasteiger partial charge in [0, 0.05) is 21.0 Å². The van der Waals surface area contributed by atoms with E-state index in [1.165, 1.54) is 0 Å². The molecule has 0 spiro atoms. The minimum Gasteiger partial charge on any atom is -0.466 e. The van der Waals surface area contributed by atoms with Gasteiger partial charge in [0.1, 0.15) is 0 Å². The van der Waals surface area contributed by atoms with E-state index in [1.807, 2.05) is 18.2 Å². The van der Waals surface area contributed by atoms with E-state index in [1.54, 1.807) is 6.92 Å². The third-order valence-corrected chi connectivity index (χ3v) is 3.68. The minimum absolute atomic E-state index is 0.144. The molecule has 0 aliphatic carbocycles. The molecule has 1 aromatic carbocycles. The molecule has 0 radical (unpaired) electrons. The Kier molecular flexibility index (Phi) is 7.37. The summed E-state index contributed by atoms with van der Waals surface area (Å²) in [6, 6.07) is 5.57. The highest BCUT2D eigenvalue weighted by atomic mass is 127.